The molecule has 0 radical (unpaired) electrons. The van der Waals surface area contributed by atoms with Crippen LogP contribution in [0.4, 0.5) is 0 Å². The Hall–Kier alpha value is -2.14. The van der Waals surface area contributed by atoms with E-state index in [4.69, 9.17) is 15.3 Å². The SMILES string of the molecule is O=C(O)C=CC(=O)O.OCc1ccccc1. The van der Waals surface area contributed by atoms with Crippen LogP contribution in [0.5, 0.6) is 0 Å². The van der Waals surface area contributed by atoms with Crippen molar-refractivity contribution in [3.8, 4) is 0 Å². The summed E-state index contributed by atoms with van der Waals surface area (Å²) in [6, 6.07) is 9.52. The quantitative estimate of drug-likeness (QED) is 0.663. The number of aliphatic hydroxyl groups is 1. The van der Waals surface area contributed by atoms with Crippen molar-refractivity contribution in [2.45, 2.75) is 6.61 Å². The van der Waals surface area contributed by atoms with E-state index < -0.39 is 11.9 Å². The zero-order valence-electron chi connectivity index (χ0n) is 8.41. The van der Waals surface area contributed by atoms with Crippen LogP contribution >= 0.6 is 0 Å². The van der Waals surface area contributed by atoms with Crippen LogP contribution in [0, 0.1) is 0 Å². The Morgan fingerprint density at radius 1 is 1.00 bits per heavy atom. The van der Waals surface area contributed by atoms with E-state index in [1.165, 1.54) is 0 Å². The summed E-state index contributed by atoms with van der Waals surface area (Å²) in [7, 11) is 0. The highest BCUT2D eigenvalue weighted by Crippen LogP contribution is 1.95. The maximum Gasteiger partial charge on any atom is 0.328 e. The summed E-state index contributed by atoms with van der Waals surface area (Å²) in [5.41, 5.74) is 0.965. The van der Waals surface area contributed by atoms with Crippen molar-refractivity contribution < 1.29 is 24.9 Å². The molecule has 0 saturated carbocycles. The molecule has 0 unspecified atom stereocenters. The van der Waals surface area contributed by atoms with Gasteiger partial charge in [-0.05, 0) is 5.56 Å². The van der Waals surface area contributed by atoms with Crippen LogP contribution in [0.25, 0.3) is 0 Å². The Morgan fingerprint density at radius 3 is 1.69 bits per heavy atom. The molecular formula is C11H12O5. The van der Waals surface area contributed by atoms with Gasteiger partial charge < -0.3 is 15.3 Å². The van der Waals surface area contributed by atoms with Gasteiger partial charge in [0.15, 0.2) is 0 Å². The molecule has 0 aliphatic rings. The number of benzene rings is 1. The van der Waals surface area contributed by atoms with Crippen molar-refractivity contribution in [2.24, 2.45) is 0 Å². The third-order valence-electron chi connectivity index (χ3n) is 1.39. The lowest BCUT2D eigenvalue weighted by atomic mass is 10.2. The first-order valence-corrected chi connectivity index (χ1v) is 4.35. The maximum atomic E-state index is 9.55. The Labute approximate surface area is 92.3 Å². The Kier molecular flexibility index (Phi) is 7.10. The molecule has 0 aromatic heterocycles. The largest absolute Gasteiger partial charge is 0.478 e. The minimum Gasteiger partial charge on any atom is -0.478 e. The highest BCUT2D eigenvalue weighted by molar-refractivity contribution is 5.89. The predicted molar refractivity (Wildman–Crippen MR) is 56.8 cm³/mol. The van der Waals surface area contributed by atoms with Gasteiger partial charge in [0.2, 0.25) is 0 Å². The Bertz CT molecular complexity index is 340. The Balaban J connectivity index is 0.000000281. The molecule has 0 spiro atoms. The zero-order valence-corrected chi connectivity index (χ0v) is 8.41. The number of aliphatic carboxylic acids is 2. The van der Waals surface area contributed by atoms with Crippen molar-refractivity contribution in [3.63, 3.8) is 0 Å². The highest BCUT2D eigenvalue weighted by atomic mass is 16.4. The van der Waals surface area contributed by atoms with Crippen LogP contribution in [-0.4, -0.2) is 27.3 Å². The van der Waals surface area contributed by atoms with Gasteiger partial charge in [0, 0.05) is 12.2 Å². The van der Waals surface area contributed by atoms with Crippen LogP contribution < -0.4 is 0 Å². The van der Waals surface area contributed by atoms with E-state index in [0.29, 0.717) is 12.2 Å². The van der Waals surface area contributed by atoms with Crippen molar-refractivity contribution in [1.82, 2.24) is 0 Å². The lowest BCUT2D eigenvalue weighted by Crippen LogP contribution is -1.91. The molecule has 1 aromatic rings. The molecule has 3 N–H and O–H groups in total. The Morgan fingerprint density at radius 2 is 1.44 bits per heavy atom. The van der Waals surface area contributed by atoms with Crippen LogP contribution in [0.15, 0.2) is 42.5 Å². The summed E-state index contributed by atoms with van der Waals surface area (Å²) in [5.74, 6) is -2.51. The molecule has 1 aromatic carbocycles. The molecule has 0 amide bonds. The number of hydrogen-bond donors (Lipinski definition) is 3. The van der Waals surface area contributed by atoms with Crippen molar-refractivity contribution >= 4 is 11.9 Å². The first-order chi connectivity index (χ1) is 7.56. The van der Waals surface area contributed by atoms with E-state index in [9.17, 15) is 9.59 Å². The number of carboxylic acid groups (broad SMARTS) is 2. The molecule has 0 fully saturated rings. The minimum absolute atomic E-state index is 0.140. The van der Waals surface area contributed by atoms with Gasteiger partial charge in [-0.3, -0.25) is 0 Å². The number of carbonyl (C=O) groups is 2. The van der Waals surface area contributed by atoms with E-state index in [0.717, 1.165) is 5.56 Å². The fraction of sp³-hybridized carbons (Fsp3) is 0.0909. The zero-order chi connectivity index (χ0) is 12.4. The van der Waals surface area contributed by atoms with E-state index in [1.807, 2.05) is 30.3 Å². The van der Waals surface area contributed by atoms with E-state index >= 15 is 0 Å². The van der Waals surface area contributed by atoms with Gasteiger partial charge in [-0.25, -0.2) is 9.59 Å². The van der Waals surface area contributed by atoms with Gasteiger partial charge in [0.1, 0.15) is 0 Å². The third kappa shape index (κ3) is 8.46. The summed E-state index contributed by atoms with van der Waals surface area (Å²) < 4.78 is 0. The smallest absolute Gasteiger partial charge is 0.328 e. The molecule has 16 heavy (non-hydrogen) atoms. The lowest BCUT2D eigenvalue weighted by Gasteiger charge is -1.89. The van der Waals surface area contributed by atoms with Crippen molar-refractivity contribution in [1.29, 1.82) is 0 Å². The molecule has 5 heteroatoms. The summed E-state index contributed by atoms with van der Waals surface area (Å²) in [6.07, 6.45) is 1.12. The molecule has 0 aliphatic heterocycles. The van der Waals surface area contributed by atoms with Crippen LogP contribution in [0.3, 0.4) is 0 Å². The third-order valence-corrected chi connectivity index (χ3v) is 1.39. The number of aliphatic hydroxyl groups excluding tert-OH is 1. The second kappa shape index (κ2) is 8.19. The average Bonchev–Trinajstić information content (AvgIpc) is 2.28. The fourth-order valence-corrected chi connectivity index (χ4v) is 0.726. The first-order valence-electron chi connectivity index (χ1n) is 4.35. The second-order valence-electron chi connectivity index (χ2n) is 2.65. The lowest BCUT2D eigenvalue weighted by molar-refractivity contribution is -0.134. The van der Waals surface area contributed by atoms with Gasteiger partial charge in [-0.1, -0.05) is 30.3 Å². The summed E-state index contributed by atoms with van der Waals surface area (Å²) in [5, 5.41) is 24.2. The molecule has 0 bridgehead atoms. The van der Waals surface area contributed by atoms with E-state index in [2.05, 4.69) is 0 Å². The predicted octanol–water partition coefficient (Wildman–Crippen LogP) is 0.891. The summed E-state index contributed by atoms with van der Waals surface area (Å²) in [6.45, 7) is 0.140. The van der Waals surface area contributed by atoms with E-state index in [-0.39, 0.29) is 6.61 Å². The van der Waals surface area contributed by atoms with Crippen molar-refractivity contribution in [3.05, 3.63) is 48.0 Å². The van der Waals surface area contributed by atoms with Gasteiger partial charge >= 0.3 is 11.9 Å². The standard InChI is InChI=1S/C7H8O.C4H4O4/c8-6-7-4-2-1-3-5-7;5-3(6)1-2-4(7)8/h1-5,8H,6H2;1-2H,(H,5,6)(H,7,8). The highest BCUT2D eigenvalue weighted by Gasteiger charge is 1.88. The second-order valence-corrected chi connectivity index (χ2v) is 2.65. The van der Waals surface area contributed by atoms with Gasteiger partial charge in [0.05, 0.1) is 6.61 Å². The fourth-order valence-electron chi connectivity index (χ4n) is 0.726. The molecular weight excluding hydrogens is 212 g/mol. The number of hydrogen-bond acceptors (Lipinski definition) is 3. The van der Waals surface area contributed by atoms with Crippen LogP contribution in [0.1, 0.15) is 5.56 Å². The molecule has 0 saturated heterocycles. The minimum atomic E-state index is -1.26. The molecule has 0 heterocycles. The van der Waals surface area contributed by atoms with Crippen molar-refractivity contribution in [2.75, 3.05) is 0 Å². The summed E-state index contributed by atoms with van der Waals surface area (Å²) in [4.78, 5) is 19.1. The molecule has 86 valence electrons. The topological polar surface area (TPSA) is 94.8 Å². The normalized spacial score (nSPS) is 9.31. The van der Waals surface area contributed by atoms with Gasteiger partial charge in [0.25, 0.3) is 0 Å². The average molecular weight is 224 g/mol. The maximum absolute atomic E-state index is 9.55. The van der Waals surface area contributed by atoms with Gasteiger partial charge in [-0.15, -0.1) is 0 Å². The molecule has 0 aliphatic carbocycles. The number of rotatable bonds is 3. The molecule has 1 rings (SSSR count). The monoisotopic (exact) mass is 224 g/mol. The molecule has 0 atom stereocenters. The van der Waals surface area contributed by atoms with Crippen LogP contribution in [0.2, 0.25) is 0 Å². The first kappa shape index (κ1) is 13.9. The van der Waals surface area contributed by atoms with Gasteiger partial charge in [-0.2, -0.15) is 0 Å². The molecule has 5 nitrogen and oxygen atoms in total. The van der Waals surface area contributed by atoms with Crippen LogP contribution in [-0.2, 0) is 16.2 Å². The summed E-state index contributed by atoms with van der Waals surface area (Å²) >= 11 is 0. The van der Waals surface area contributed by atoms with E-state index in [1.54, 1.807) is 0 Å². The number of carboxylic acids is 2.